The molecule has 3 nitrogen and oxygen atoms in total. The zero-order valence-electron chi connectivity index (χ0n) is 30.9. The molecule has 0 radical (unpaired) electrons. The van der Waals surface area contributed by atoms with Gasteiger partial charge in [0.05, 0.1) is 5.41 Å². The van der Waals surface area contributed by atoms with Gasteiger partial charge in [-0.15, -0.1) is 0 Å². The van der Waals surface area contributed by atoms with Crippen LogP contribution in [0.2, 0.25) is 0 Å². The number of benzene rings is 9. The van der Waals surface area contributed by atoms with E-state index in [9.17, 15) is 0 Å². The topological polar surface area (TPSA) is 38.7 Å². The molecule has 0 fully saturated rings. The van der Waals surface area contributed by atoms with E-state index >= 15 is 0 Å². The van der Waals surface area contributed by atoms with Crippen molar-refractivity contribution in [2.45, 2.75) is 5.41 Å². The lowest BCUT2D eigenvalue weighted by molar-refractivity contribution is 0.796. The molecule has 10 aromatic rings. The van der Waals surface area contributed by atoms with E-state index in [1.165, 1.54) is 71.6 Å². The molecule has 9 aromatic carbocycles. The summed E-state index contributed by atoms with van der Waals surface area (Å²) in [5.41, 5.74) is 15.1. The number of hydrogen-bond acceptors (Lipinski definition) is 3. The van der Waals surface area contributed by atoms with Crippen molar-refractivity contribution in [2.24, 2.45) is 0 Å². The van der Waals surface area contributed by atoms with Crippen molar-refractivity contribution in [1.82, 2.24) is 15.0 Å². The fourth-order valence-electron chi connectivity index (χ4n) is 9.79. The Morgan fingerprint density at radius 3 is 1.51 bits per heavy atom. The van der Waals surface area contributed by atoms with Gasteiger partial charge in [0.2, 0.25) is 0 Å². The Kier molecular flexibility index (Phi) is 6.84. The average molecular weight is 724 g/mol. The quantitative estimate of drug-likeness (QED) is 0.170. The molecule has 3 heteroatoms. The van der Waals surface area contributed by atoms with Crippen molar-refractivity contribution in [3.05, 3.63) is 222 Å². The molecule has 0 amide bonds. The Hall–Kier alpha value is -7.49. The van der Waals surface area contributed by atoms with Crippen molar-refractivity contribution >= 4 is 21.5 Å². The number of aromatic nitrogens is 3. The van der Waals surface area contributed by atoms with Gasteiger partial charge < -0.3 is 0 Å². The summed E-state index contributed by atoms with van der Waals surface area (Å²) in [6.45, 7) is 0. The largest absolute Gasteiger partial charge is 0.208 e. The molecule has 2 aliphatic rings. The van der Waals surface area contributed by atoms with E-state index < -0.39 is 5.41 Å². The summed E-state index contributed by atoms with van der Waals surface area (Å²) < 4.78 is 0. The van der Waals surface area contributed by atoms with Crippen molar-refractivity contribution in [3.8, 4) is 67.5 Å². The number of fused-ring (bicyclic) bond motifs is 14. The summed E-state index contributed by atoms with van der Waals surface area (Å²) in [6.07, 6.45) is 0. The second-order valence-corrected chi connectivity index (χ2v) is 15.1. The summed E-state index contributed by atoms with van der Waals surface area (Å²) in [6, 6.07) is 72.2. The van der Waals surface area contributed by atoms with Crippen LogP contribution < -0.4 is 0 Å². The fourth-order valence-corrected chi connectivity index (χ4v) is 9.79. The molecule has 57 heavy (non-hydrogen) atoms. The Morgan fingerprint density at radius 2 is 0.807 bits per heavy atom. The fraction of sp³-hybridized carbons (Fsp3) is 0.0185. The van der Waals surface area contributed by atoms with Crippen molar-refractivity contribution < 1.29 is 0 Å². The first-order chi connectivity index (χ1) is 28.3. The Bertz CT molecular complexity index is 3140. The van der Waals surface area contributed by atoms with Crippen LogP contribution in [0.25, 0.3) is 89.1 Å². The van der Waals surface area contributed by atoms with E-state index in [4.69, 9.17) is 15.0 Å². The lowest BCUT2D eigenvalue weighted by Crippen LogP contribution is -2.26. The van der Waals surface area contributed by atoms with Crippen LogP contribution in [0.15, 0.2) is 200 Å². The van der Waals surface area contributed by atoms with E-state index in [0.29, 0.717) is 17.5 Å². The average Bonchev–Trinajstić information content (AvgIpc) is 3.77. The van der Waals surface area contributed by atoms with Gasteiger partial charge in [-0.25, -0.2) is 15.0 Å². The van der Waals surface area contributed by atoms with Crippen LogP contribution in [-0.4, -0.2) is 15.0 Å². The van der Waals surface area contributed by atoms with Crippen LogP contribution >= 0.6 is 0 Å². The molecular weight excluding hydrogens is 691 g/mol. The molecule has 0 N–H and O–H groups in total. The van der Waals surface area contributed by atoms with Gasteiger partial charge in [0, 0.05) is 16.7 Å². The standard InChI is InChI=1S/C54H33N3/c1-3-16-36(17-4-1)51-55-52(37-18-5-2-6-19-37)57-53(56-51)39-21-13-20-38(33-39)41-25-14-26-44-49-47(32-31-35-30-29-34-15-7-8-22-40(34)48(35)49)54(50(41)44)45-27-11-9-23-42(45)43-24-10-12-28-46(43)54/h1-33H. The lowest BCUT2D eigenvalue weighted by Gasteiger charge is -2.32. The zero-order valence-corrected chi connectivity index (χ0v) is 30.9. The molecule has 1 spiro atoms. The van der Waals surface area contributed by atoms with E-state index in [2.05, 4.69) is 164 Å². The van der Waals surface area contributed by atoms with Gasteiger partial charge in [-0.1, -0.05) is 194 Å². The maximum atomic E-state index is 5.11. The highest BCUT2D eigenvalue weighted by Crippen LogP contribution is 2.65. The number of hydrogen-bond donors (Lipinski definition) is 0. The van der Waals surface area contributed by atoms with Gasteiger partial charge in [-0.3, -0.25) is 0 Å². The van der Waals surface area contributed by atoms with Crippen LogP contribution in [0, 0.1) is 0 Å². The minimum Gasteiger partial charge on any atom is -0.208 e. The van der Waals surface area contributed by atoms with E-state index in [1.807, 2.05) is 36.4 Å². The first kappa shape index (κ1) is 31.8. The Balaban J connectivity index is 1.15. The summed E-state index contributed by atoms with van der Waals surface area (Å²) in [7, 11) is 0. The molecule has 0 unspecified atom stereocenters. The minimum atomic E-state index is -0.524. The molecule has 12 rings (SSSR count). The van der Waals surface area contributed by atoms with Gasteiger partial charge in [0.25, 0.3) is 0 Å². The minimum absolute atomic E-state index is 0.524. The predicted molar refractivity (Wildman–Crippen MR) is 233 cm³/mol. The maximum Gasteiger partial charge on any atom is 0.164 e. The highest BCUT2D eigenvalue weighted by Gasteiger charge is 2.53. The normalized spacial score (nSPS) is 13.1. The van der Waals surface area contributed by atoms with Gasteiger partial charge >= 0.3 is 0 Å². The number of nitrogens with zero attached hydrogens (tertiary/aromatic N) is 3. The monoisotopic (exact) mass is 723 g/mol. The molecule has 0 atom stereocenters. The first-order valence-corrected chi connectivity index (χ1v) is 19.5. The second-order valence-electron chi connectivity index (χ2n) is 15.1. The van der Waals surface area contributed by atoms with Gasteiger partial charge in [0.15, 0.2) is 17.5 Å². The summed E-state index contributed by atoms with van der Waals surface area (Å²) in [5.74, 6) is 1.94. The molecule has 0 saturated carbocycles. The van der Waals surface area contributed by atoms with E-state index in [-0.39, 0.29) is 0 Å². The van der Waals surface area contributed by atoms with Crippen molar-refractivity contribution in [1.29, 1.82) is 0 Å². The smallest absolute Gasteiger partial charge is 0.164 e. The van der Waals surface area contributed by atoms with Crippen LogP contribution in [-0.2, 0) is 5.41 Å². The summed E-state index contributed by atoms with van der Waals surface area (Å²) in [4.78, 5) is 15.2. The highest BCUT2D eigenvalue weighted by molar-refractivity contribution is 6.18. The molecule has 1 aromatic heterocycles. The van der Waals surface area contributed by atoms with Crippen LogP contribution in [0.5, 0.6) is 0 Å². The van der Waals surface area contributed by atoms with Gasteiger partial charge in [-0.05, 0) is 83.2 Å². The third-order valence-electron chi connectivity index (χ3n) is 12.1. The zero-order chi connectivity index (χ0) is 37.5. The van der Waals surface area contributed by atoms with Crippen molar-refractivity contribution in [2.75, 3.05) is 0 Å². The summed E-state index contributed by atoms with van der Waals surface area (Å²) in [5, 5.41) is 5.09. The molecular formula is C54H33N3. The second kappa shape index (κ2) is 12.3. The third-order valence-corrected chi connectivity index (χ3v) is 12.1. The third kappa shape index (κ3) is 4.57. The molecule has 1 heterocycles. The summed E-state index contributed by atoms with van der Waals surface area (Å²) >= 11 is 0. The first-order valence-electron chi connectivity index (χ1n) is 19.5. The molecule has 264 valence electrons. The van der Waals surface area contributed by atoms with Crippen LogP contribution in [0.1, 0.15) is 22.3 Å². The van der Waals surface area contributed by atoms with Crippen LogP contribution in [0.4, 0.5) is 0 Å². The number of rotatable bonds is 4. The van der Waals surface area contributed by atoms with Gasteiger partial charge in [-0.2, -0.15) is 0 Å². The maximum absolute atomic E-state index is 5.11. The lowest BCUT2D eigenvalue weighted by atomic mass is 9.68. The van der Waals surface area contributed by atoms with Crippen molar-refractivity contribution in [3.63, 3.8) is 0 Å². The molecule has 0 bridgehead atoms. The molecule has 2 aliphatic carbocycles. The van der Waals surface area contributed by atoms with Crippen LogP contribution in [0.3, 0.4) is 0 Å². The van der Waals surface area contributed by atoms with Gasteiger partial charge in [0.1, 0.15) is 0 Å². The molecule has 0 saturated heterocycles. The Morgan fingerprint density at radius 1 is 0.316 bits per heavy atom. The Labute approximate surface area is 330 Å². The highest BCUT2D eigenvalue weighted by atomic mass is 15.0. The van der Waals surface area contributed by atoms with E-state index in [1.54, 1.807) is 0 Å². The molecule has 0 aliphatic heterocycles. The van der Waals surface area contributed by atoms with E-state index in [0.717, 1.165) is 22.3 Å². The SMILES string of the molecule is c1ccc(-c2nc(-c3ccccc3)nc(-c3cccc(-c4cccc5c4C4(c6ccccc6-c6ccccc64)c4ccc6ccc7ccccc7c6c4-5)c3)n2)cc1. The predicted octanol–water partition coefficient (Wildman–Crippen LogP) is 13.2.